The van der Waals surface area contributed by atoms with E-state index < -0.39 is 5.76 Å². The number of nitrogens with two attached hydrogens (primary N) is 1. The van der Waals surface area contributed by atoms with Gasteiger partial charge in [0.05, 0.1) is 5.69 Å². The van der Waals surface area contributed by atoms with Crippen LogP contribution in [0.5, 0.6) is 0 Å². The highest BCUT2D eigenvalue weighted by molar-refractivity contribution is 5.85. The molecular weight excluding hydrogens is 156 g/mol. The van der Waals surface area contributed by atoms with E-state index in [9.17, 15) is 4.79 Å². The Kier molecular flexibility index (Phi) is 1.24. The molecule has 0 unspecified atom stereocenters. The largest absolute Gasteiger partial charge is 0.417 e. The maximum atomic E-state index is 10.8. The number of H-pyrrole nitrogens is 1. The third-order valence-corrected chi connectivity index (χ3v) is 1.71. The quantitative estimate of drug-likeness (QED) is 0.571. The molecule has 12 heavy (non-hydrogen) atoms. The van der Waals surface area contributed by atoms with Gasteiger partial charge < -0.3 is 10.2 Å². The number of oxazole rings is 1. The molecule has 0 spiro atoms. The van der Waals surface area contributed by atoms with Crippen molar-refractivity contribution >= 4 is 16.8 Å². The van der Waals surface area contributed by atoms with Gasteiger partial charge in [0.15, 0.2) is 5.58 Å². The van der Waals surface area contributed by atoms with Crippen LogP contribution in [0.15, 0.2) is 21.3 Å². The first-order valence-corrected chi connectivity index (χ1v) is 3.56. The van der Waals surface area contributed by atoms with E-state index in [0.29, 0.717) is 16.8 Å². The number of aryl methyl sites for hydroxylation is 1. The summed E-state index contributed by atoms with van der Waals surface area (Å²) in [6.45, 7) is 1.89. The molecule has 0 radical (unpaired) electrons. The molecule has 0 aliphatic heterocycles. The van der Waals surface area contributed by atoms with E-state index in [4.69, 9.17) is 10.2 Å². The Labute approximate surface area is 68.0 Å². The van der Waals surface area contributed by atoms with Gasteiger partial charge in [-0.15, -0.1) is 0 Å². The van der Waals surface area contributed by atoms with Crippen LogP contribution in [-0.2, 0) is 0 Å². The highest BCUT2D eigenvalue weighted by Crippen LogP contribution is 2.19. The first kappa shape index (κ1) is 6.97. The molecule has 62 valence electrons. The third-order valence-electron chi connectivity index (χ3n) is 1.71. The Bertz CT molecular complexity index is 481. The highest BCUT2D eigenvalue weighted by Gasteiger charge is 2.04. The number of hydrogen-bond acceptors (Lipinski definition) is 3. The van der Waals surface area contributed by atoms with Crippen LogP contribution in [0.3, 0.4) is 0 Å². The van der Waals surface area contributed by atoms with Crippen molar-refractivity contribution in [3.05, 3.63) is 28.2 Å². The number of nitrogens with one attached hydrogen (secondary N) is 1. The van der Waals surface area contributed by atoms with Crippen LogP contribution in [0.25, 0.3) is 11.1 Å². The van der Waals surface area contributed by atoms with Gasteiger partial charge >= 0.3 is 5.76 Å². The number of hydrogen-bond donors (Lipinski definition) is 2. The molecule has 0 saturated carbocycles. The van der Waals surface area contributed by atoms with Crippen LogP contribution < -0.4 is 11.5 Å². The Morgan fingerprint density at radius 3 is 3.00 bits per heavy atom. The predicted molar refractivity (Wildman–Crippen MR) is 46.0 cm³/mol. The smallest absolute Gasteiger partial charge is 0.408 e. The minimum absolute atomic E-state index is 0.470. The van der Waals surface area contributed by atoms with E-state index in [0.717, 1.165) is 5.56 Å². The summed E-state index contributed by atoms with van der Waals surface area (Å²) in [5.41, 5.74) is 8.24. The summed E-state index contributed by atoms with van der Waals surface area (Å²) in [5, 5.41) is 0. The molecule has 1 heterocycles. The van der Waals surface area contributed by atoms with Crippen molar-refractivity contribution in [3.63, 3.8) is 0 Å². The van der Waals surface area contributed by atoms with Crippen molar-refractivity contribution in [2.75, 3.05) is 5.73 Å². The zero-order valence-electron chi connectivity index (χ0n) is 6.55. The zero-order valence-corrected chi connectivity index (χ0v) is 6.55. The lowest BCUT2D eigenvalue weighted by Crippen LogP contribution is -1.94. The van der Waals surface area contributed by atoms with Crippen LogP contribution in [0.2, 0.25) is 0 Å². The Morgan fingerprint density at radius 2 is 2.25 bits per heavy atom. The number of aromatic amines is 1. The second-order valence-corrected chi connectivity index (χ2v) is 2.74. The van der Waals surface area contributed by atoms with Crippen LogP contribution in [0.4, 0.5) is 5.69 Å². The Balaban J connectivity index is 2.97. The second kappa shape index (κ2) is 2.14. The van der Waals surface area contributed by atoms with Crippen molar-refractivity contribution in [3.8, 4) is 0 Å². The van der Waals surface area contributed by atoms with Gasteiger partial charge in [-0.25, -0.2) is 4.79 Å². The van der Waals surface area contributed by atoms with Crippen LogP contribution in [0, 0.1) is 6.92 Å². The minimum Gasteiger partial charge on any atom is -0.408 e. The fourth-order valence-corrected chi connectivity index (χ4v) is 1.22. The SMILES string of the molecule is Cc1cc(N)c2[nH]c(=O)oc2c1. The van der Waals surface area contributed by atoms with Crippen LogP contribution >= 0.6 is 0 Å². The third kappa shape index (κ3) is 0.887. The average molecular weight is 164 g/mol. The first-order chi connectivity index (χ1) is 5.66. The molecule has 1 aromatic carbocycles. The van der Waals surface area contributed by atoms with Gasteiger partial charge in [-0.2, -0.15) is 0 Å². The summed E-state index contributed by atoms with van der Waals surface area (Å²) < 4.78 is 4.84. The number of fused-ring (bicyclic) bond motifs is 1. The van der Waals surface area contributed by atoms with E-state index >= 15 is 0 Å². The van der Waals surface area contributed by atoms with E-state index in [-0.39, 0.29) is 0 Å². The Hall–Kier alpha value is -1.71. The predicted octanol–water partition coefficient (Wildman–Crippen LogP) is 1.01. The average Bonchev–Trinajstić information content (AvgIpc) is 2.29. The van der Waals surface area contributed by atoms with Crippen molar-refractivity contribution in [1.82, 2.24) is 4.98 Å². The van der Waals surface area contributed by atoms with E-state index in [1.54, 1.807) is 12.1 Å². The van der Waals surface area contributed by atoms with E-state index in [1.165, 1.54) is 0 Å². The molecule has 2 rings (SSSR count). The number of anilines is 1. The van der Waals surface area contributed by atoms with Gasteiger partial charge in [0, 0.05) is 0 Å². The molecule has 0 amide bonds. The standard InChI is InChI=1S/C8H8N2O2/c1-4-2-5(9)7-6(3-4)12-8(11)10-7/h2-3H,9H2,1H3,(H,10,11). The van der Waals surface area contributed by atoms with Gasteiger partial charge in [0.2, 0.25) is 0 Å². The molecule has 0 aliphatic carbocycles. The molecular formula is C8H8N2O2. The van der Waals surface area contributed by atoms with Crippen molar-refractivity contribution < 1.29 is 4.42 Å². The summed E-state index contributed by atoms with van der Waals surface area (Å²) >= 11 is 0. The van der Waals surface area contributed by atoms with Crippen molar-refractivity contribution in [1.29, 1.82) is 0 Å². The van der Waals surface area contributed by atoms with E-state index in [1.807, 2.05) is 6.92 Å². The fourth-order valence-electron chi connectivity index (χ4n) is 1.22. The lowest BCUT2D eigenvalue weighted by molar-refractivity contribution is 0.555. The lowest BCUT2D eigenvalue weighted by Gasteiger charge is -1.95. The van der Waals surface area contributed by atoms with Gasteiger partial charge in [-0.05, 0) is 24.6 Å². The van der Waals surface area contributed by atoms with E-state index in [2.05, 4.69) is 4.98 Å². The number of rotatable bonds is 0. The maximum absolute atomic E-state index is 10.8. The van der Waals surface area contributed by atoms with Crippen molar-refractivity contribution in [2.45, 2.75) is 6.92 Å². The van der Waals surface area contributed by atoms with Gasteiger partial charge in [-0.3, -0.25) is 4.98 Å². The van der Waals surface area contributed by atoms with Gasteiger partial charge in [0.1, 0.15) is 5.52 Å². The summed E-state index contributed by atoms with van der Waals surface area (Å²) in [6, 6.07) is 3.55. The maximum Gasteiger partial charge on any atom is 0.417 e. The number of aromatic nitrogens is 1. The normalized spacial score (nSPS) is 10.8. The second-order valence-electron chi connectivity index (χ2n) is 2.74. The number of benzene rings is 1. The monoisotopic (exact) mass is 164 g/mol. The molecule has 3 N–H and O–H groups in total. The molecule has 4 heteroatoms. The topological polar surface area (TPSA) is 72.0 Å². The molecule has 1 aromatic heterocycles. The molecule has 0 saturated heterocycles. The van der Waals surface area contributed by atoms with Crippen LogP contribution in [-0.4, -0.2) is 4.98 Å². The molecule has 0 atom stereocenters. The van der Waals surface area contributed by atoms with Gasteiger partial charge in [-0.1, -0.05) is 0 Å². The summed E-state index contributed by atoms with van der Waals surface area (Å²) in [4.78, 5) is 13.3. The highest BCUT2D eigenvalue weighted by atomic mass is 16.4. The summed E-state index contributed by atoms with van der Waals surface area (Å²) in [5.74, 6) is -0.470. The first-order valence-electron chi connectivity index (χ1n) is 3.56. The zero-order chi connectivity index (χ0) is 8.72. The van der Waals surface area contributed by atoms with Crippen molar-refractivity contribution in [2.24, 2.45) is 0 Å². The fraction of sp³-hybridized carbons (Fsp3) is 0.125. The summed E-state index contributed by atoms with van der Waals surface area (Å²) in [7, 11) is 0. The molecule has 0 fully saturated rings. The molecule has 2 aromatic rings. The minimum atomic E-state index is -0.470. The number of nitrogen functional groups attached to an aromatic ring is 1. The lowest BCUT2D eigenvalue weighted by atomic mass is 10.2. The van der Waals surface area contributed by atoms with Gasteiger partial charge in [0.25, 0.3) is 0 Å². The molecule has 0 bridgehead atoms. The summed E-state index contributed by atoms with van der Waals surface area (Å²) in [6.07, 6.45) is 0. The van der Waals surface area contributed by atoms with Crippen LogP contribution in [0.1, 0.15) is 5.56 Å². The Morgan fingerprint density at radius 1 is 1.50 bits per heavy atom. The molecule has 0 aliphatic rings. The molecule has 4 nitrogen and oxygen atoms in total.